The summed E-state index contributed by atoms with van der Waals surface area (Å²) in [6, 6.07) is 7.72. The molecular weight excluding hydrogens is 274 g/mol. The second kappa shape index (κ2) is 7.09. The molecule has 4 heteroatoms. The number of halogens is 1. The second-order valence-corrected chi connectivity index (χ2v) is 6.13. The number of aryl methyl sites for hydroxylation is 1. The summed E-state index contributed by atoms with van der Waals surface area (Å²) in [5, 5.41) is 13.7. The Balaban J connectivity index is 1.65. The largest absolute Gasteiger partial charge is 0.388 e. The second-order valence-electron chi connectivity index (χ2n) is 5.69. The van der Waals surface area contributed by atoms with Crippen molar-refractivity contribution in [3.63, 3.8) is 0 Å². The van der Waals surface area contributed by atoms with Gasteiger partial charge in [0.1, 0.15) is 0 Å². The van der Waals surface area contributed by atoms with Crippen LogP contribution >= 0.6 is 11.6 Å². The summed E-state index contributed by atoms with van der Waals surface area (Å²) in [6.07, 6.45) is 5.85. The normalized spacial score (nSPS) is 17.1. The van der Waals surface area contributed by atoms with E-state index in [4.69, 9.17) is 11.6 Å². The highest BCUT2D eigenvalue weighted by molar-refractivity contribution is 6.30. The van der Waals surface area contributed by atoms with Crippen molar-refractivity contribution in [1.29, 1.82) is 0 Å². The van der Waals surface area contributed by atoms with Crippen LogP contribution in [0.5, 0.6) is 0 Å². The fourth-order valence-corrected chi connectivity index (χ4v) is 2.92. The molecule has 1 amide bonds. The van der Waals surface area contributed by atoms with Gasteiger partial charge >= 0.3 is 0 Å². The van der Waals surface area contributed by atoms with Gasteiger partial charge in [-0.05, 0) is 43.4 Å². The highest BCUT2D eigenvalue weighted by atomic mass is 35.5. The van der Waals surface area contributed by atoms with Crippen LogP contribution in [0.2, 0.25) is 5.02 Å². The Labute approximate surface area is 125 Å². The number of carbonyl (C=O) groups is 1. The first-order chi connectivity index (χ1) is 9.57. The number of hydrogen-bond donors (Lipinski definition) is 2. The molecule has 2 N–H and O–H groups in total. The van der Waals surface area contributed by atoms with Gasteiger partial charge in [0, 0.05) is 18.0 Å². The summed E-state index contributed by atoms with van der Waals surface area (Å²) in [6.45, 7) is 0.392. The van der Waals surface area contributed by atoms with E-state index in [1.54, 1.807) is 0 Å². The molecule has 0 aromatic heterocycles. The molecule has 1 fully saturated rings. The number of rotatable bonds is 6. The quantitative estimate of drug-likeness (QED) is 0.847. The highest BCUT2D eigenvalue weighted by Gasteiger charge is 2.31. The molecule has 110 valence electrons. The summed E-state index contributed by atoms with van der Waals surface area (Å²) in [4.78, 5) is 11.8. The molecule has 0 bridgehead atoms. The van der Waals surface area contributed by atoms with Crippen molar-refractivity contribution in [3.05, 3.63) is 34.9 Å². The predicted octanol–water partition coefficient (Wildman–Crippen LogP) is 3.08. The van der Waals surface area contributed by atoms with E-state index < -0.39 is 5.60 Å². The third-order valence-electron chi connectivity index (χ3n) is 3.91. The zero-order chi connectivity index (χ0) is 14.4. The SMILES string of the molecule is O=C(CCCc1cccc(Cl)c1)NCC1(O)CCCC1. The Morgan fingerprint density at radius 2 is 2.10 bits per heavy atom. The molecule has 20 heavy (non-hydrogen) atoms. The van der Waals surface area contributed by atoms with Crippen molar-refractivity contribution in [2.45, 2.75) is 50.5 Å². The maximum Gasteiger partial charge on any atom is 0.220 e. The topological polar surface area (TPSA) is 49.3 Å². The molecule has 0 unspecified atom stereocenters. The van der Waals surface area contributed by atoms with E-state index in [-0.39, 0.29) is 5.91 Å². The molecule has 2 rings (SSSR count). The minimum Gasteiger partial charge on any atom is -0.388 e. The third kappa shape index (κ3) is 4.80. The van der Waals surface area contributed by atoms with E-state index in [9.17, 15) is 9.90 Å². The van der Waals surface area contributed by atoms with Crippen molar-refractivity contribution in [2.24, 2.45) is 0 Å². The number of hydrogen-bond acceptors (Lipinski definition) is 2. The summed E-state index contributed by atoms with van der Waals surface area (Å²) in [7, 11) is 0. The van der Waals surface area contributed by atoms with Gasteiger partial charge < -0.3 is 10.4 Å². The van der Waals surface area contributed by atoms with Gasteiger partial charge in [-0.15, -0.1) is 0 Å². The third-order valence-corrected chi connectivity index (χ3v) is 4.14. The van der Waals surface area contributed by atoms with E-state index in [2.05, 4.69) is 5.32 Å². The average Bonchev–Trinajstić information content (AvgIpc) is 2.84. The van der Waals surface area contributed by atoms with E-state index in [0.717, 1.165) is 49.1 Å². The Bertz CT molecular complexity index is 456. The van der Waals surface area contributed by atoms with Crippen LogP contribution in [0.15, 0.2) is 24.3 Å². The molecule has 0 heterocycles. The van der Waals surface area contributed by atoms with Crippen LogP contribution in [-0.4, -0.2) is 23.2 Å². The first kappa shape index (κ1) is 15.3. The van der Waals surface area contributed by atoms with E-state index >= 15 is 0 Å². The smallest absolute Gasteiger partial charge is 0.220 e. The number of amides is 1. The minimum atomic E-state index is -0.664. The lowest BCUT2D eigenvalue weighted by Gasteiger charge is -2.22. The van der Waals surface area contributed by atoms with Crippen LogP contribution in [0.25, 0.3) is 0 Å². The van der Waals surface area contributed by atoms with Gasteiger partial charge in [0.15, 0.2) is 0 Å². The molecular formula is C16H22ClNO2. The Morgan fingerprint density at radius 3 is 2.80 bits per heavy atom. The highest BCUT2D eigenvalue weighted by Crippen LogP contribution is 2.28. The lowest BCUT2D eigenvalue weighted by Crippen LogP contribution is -2.40. The average molecular weight is 296 g/mol. The van der Waals surface area contributed by atoms with Gasteiger partial charge in [-0.1, -0.05) is 36.6 Å². The monoisotopic (exact) mass is 295 g/mol. The van der Waals surface area contributed by atoms with Crippen molar-refractivity contribution in [1.82, 2.24) is 5.32 Å². The molecule has 1 saturated carbocycles. The zero-order valence-corrected chi connectivity index (χ0v) is 12.5. The fourth-order valence-electron chi connectivity index (χ4n) is 2.71. The molecule has 1 aliphatic carbocycles. The summed E-state index contributed by atoms with van der Waals surface area (Å²) < 4.78 is 0. The summed E-state index contributed by atoms with van der Waals surface area (Å²) >= 11 is 5.92. The number of benzene rings is 1. The van der Waals surface area contributed by atoms with E-state index in [0.29, 0.717) is 13.0 Å². The van der Waals surface area contributed by atoms with Gasteiger partial charge in [-0.25, -0.2) is 0 Å². The number of aliphatic hydroxyl groups is 1. The molecule has 1 aromatic carbocycles. The van der Waals surface area contributed by atoms with Crippen LogP contribution in [0, 0.1) is 0 Å². The molecule has 1 aromatic rings. The van der Waals surface area contributed by atoms with Crippen LogP contribution in [-0.2, 0) is 11.2 Å². The predicted molar refractivity (Wildman–Crippen MR) is 80.8 cm³/mol. The lowest BCUT2D eigenvalue weighted by atomic mass is 10.0. The first-order valence-electron chi connectivity index (χ1n) is 7.31. The Hall–Kier alpha value is -1.06. The van der Waals surface area contributed by atoms with Crippen LogP contribution in [0.1, 0.15) is 44.1 Å². The van der Waals surface area contributed by atoms with Crippen molar-refractivity contribution in [2.75, 3.05) is 6.54 Å². The molecule has 1 aliphatic rings. The number of carbonyl (C=O) groups excluding carboxylic acids is 1. The minimum absolute atomic E-state index is 0.0207. The van der Waals surface area contributed by atoms with Gasteiger partial charge in [-0.3, -0.25) is 4.79 Å². The van der Waals surface area contributed by atoms with Crippen LogP contribution in [0.3, 0.4) is 0 Å². The summed E-state index contributed by atoms with van der Waals surface area (Å²) in [5.41, 5.74) is 0.488. The van der Waals surface area contributed by atoms with Gasteiger partial charge in [-0.2, -0.15) is 0 Å². The maximum absolute atomic E-state index is 11.8. The Kier molecular flexibility index (Phi) is 5.44. The lowest BCUT2D eigenvalue weighted by molar-refractivity contribution is -0.122. The van der Waals surface area contributed by atoms with Gasteiger partial charge in [0.25, 0.3) is 0 Å². The van der Waals surface area contributed by atoms with Crippen molar-refractivity contribution in [3.8, 4) is 0 Å². The fraction of sp³-hybridized carbons (Fsp3) is 0.562. The van der Waals surface area contributed by atoms with Gasteiger partial charge in [0.05, 0.1) is 5.60 Å². The molecule has 0 spiro atoms. The molecule has 0 saturated heterocycles. The maximum atomic E-state index is 11.8. The zero-order valence-electron chi connectivity index (χ0n) is 11.7. The van der Waals surface area contributed by atoms with Crippen molar-refractivity contribution < 1.29 is 9.90 Å². The molecule has 0 radical (unpaired) electrons. The number of nitrogens with one attached hydrogen (secondary N) is 1. The van der Waals surface area contributed by atoms with Crippen LogP contribution < -0.4 is 5.32 Å². The molecule has 3 nitrogen and oxygen atoms in total. The molecule has 0 aliphatic heterocycles. The van der Waals surface area contributed by atoms with E-state index in [1.165, 1.54) is 0 Å². The van der Waals surface area contributed by atoms with Crippen LogP contribution in [0.4, 0.5) is 0 Å². The van der Waals surface area contributed by atoms with E-state index in [1.807, 2.05) is 24.3 Å². The summed E-state index contributed by atoms with van der Waals surface area (Å²) in [5.74, 6) is 0.0207. The molecule has 0 atom stereocenters. The first-order valence-corrected chi connectivity index (χ1v) is 7.69. The standard InChI is InChI=1S/C16H22ClNO2/c17-14-7-3-5-13(11-14)6-4-8-15(19)18-12-16(20)9-1-2-10-16/h3,5,7,11,20H,1-2,4,6,8-10,12H2,(H,18,19). The Morgan fingerprint density at radius 1 is 1.35 bits per heavy atom. The van der Waals surface area contributed by atoms with Crippen molar-refractivity contribution >= 4 is 17.5 Å². The van der Waals surface area contributed by atoms with Gasteiger partial charge in [0.2, 0.25) is 5.91 Å².